The van der Waals surface area contributed by atoms with E-state index >= 15 is 0 Å². The molecule has 8 heteroatoms. The molecule has 20 heavy (non-hydrogen) atoms. The van der Waals surface area contributed by atoms with E-state index in [4.69, 9.17) is 4.42 Å². The molecular formula is C12H16N4O3S. The minimum atomic E-state index is -3.60. The Kier molecular flexibility index (Phi) is 3.35. The van der Waals surface area contributed by atoms with Gasteiger partial charge >= 0.3 is 0 Å². The molecule has 1 atom stereocenters. The number of nitrogens with zero attached hydrogens (tertiary/aromatic N) is 3. The topological polar surface area (TPSA) is 90.0 Å². The Morgan fingerprint density at radius 2 is 2.40 bits per heavy atom. The van der Waals surface area contributed by atoms with Gasteiger partial charge in [-0.1, -0.05) is 6.92 Å². The summed E-state index contributed by atoms with van der Waals surface area (Å²) in [5.74, 6) is 1.73. The van der Waals surface area contributed by atoms with Crippen LogP contribution in [0.5, 0.6) is 0 Å². The third kappa shape index (κ3) is 2.48. The van der Waals surface area contributed by atoms with Crippen molar-refractivity contribution in [3.8, 4) is 0 Å². The van der Waals surface area contributed by atoms with Crippen LogP contribution in [-0.4, -0.2) is 29.2 Å². The van der Waals surface area contributed by atoms with Crippen LogP contribution < -0.4 is 4.72 Å². The minimum absolute atomic E-state index is 0.0591. The Morgan fingerprint density at radius 3 is 3.10 bits per heavy atom. The average Bonchev–Trinajstić information content (AvgIpc) is 3.07. The van der Waals surface area contributed by atoms with Gasteiger partial charge in [0.15, 0.2) is 5.82 Å². The number of sulfonamides is 1. The van der Waals surface area contributed by atoms with Gasteiger partial charge in [0.25, 0.3) is 10.0 Å². The lowest BCUT2D eigenvalue weighted by Gasteiger charge is -2.22. The first-order valence-electron chi connectivity index (χ1n) is 6.57. The molecule has 108 valence electrons. The smallest absolute Gasteiger partial charge is 0.274 e. The number of rotatable bonds is 4. The van der Waals surface area contributed by atoms with Crippen LogP contribution in [0, 0.1) is 0 Å². The fourth-order valence-corrected chi connectivity index (χ4v) is 3.49. The monoisotopic (exact) mass is 296 g/mol. The fraction of sp³-hybridized carbons (Fsp3) is 0.500. The highest BCUT2D eigenvalue weighted by Crippen LogP contribution is 2.16. The van der Waals surface area contributed by atoms with Crippen molar-refractivity contribution in [2.45, 2.75) is 43.9 Å². The maximum absolute atomic E-state index is 12.1. The molecule has 0 unspecified atom stereocenters. The van der Waals surface area contributed by atoms with Gasteiger partial charge in [0.2, 0.25) is 5.09 Å². The maximum atomic E-state index is 12.1. The molecule has 0 saturated heterocycles. The molecule has 3 heterocycles. The highest BCUT2D eigenvalue weighted by atomic mass is 32.2. The molecule has 0 bridgehead atoms. The van der Waals surface area contributed by atoms with E-state index in [1.165, 1.54) is 12.3 Å². The Labute approximate surface area is 117 Å². The van der Waals surface area contributed by atoms with Crippen molar-refractivity contribution >= 4 is 10.0 Å². The zero-order valence-electron chi connectivity index (χ0n) is 11.1. The van der Waals surface area contributed by atoms with Gasteiger partial charge in [-0.3, -0.25) is 0 Å². The van der Waals surface area contributed by atoms with E-state index in [0.29, 0.717) is 13.0 Å². The van der Waals surface area contributed by atoms with Crippen LogP contribution in [-0.2, 0) is 29.4 Å². The number of hydrogen-bond donors (Lipinski definition) is 1. The van der Waals surface area contributed by atoms with E-state index in [1.54, 1.807) is 10.7 Å². The lowest BCUT2D eigenvalue weighted by atomic mass is 10.1. The molecular weight excluding hydrogens is 280 g/mol. The van der Waals surface area contributed by atoms with E-state index < -0.39 is 10.0 Å². The predicted octanol–water partition coefficient (Wildman–Crippen LogP) is 0.727. The number of nitrogens with one attached hydrogen (secondary N) is 1. The van der Waals surface area contributed by atoms with E-state index in [-0.39, 0.29) is 11.1 Å². The van der Waals surface area contributed by atoms with Crippen LogP contribution in [0.2, 0.25) is 0 Å². The van der Waals surface area contributed by atoms with Gasteiger partial charge in [-0.2, -0.15) is 5.10 Å². The van der Waals surface area contributed by atoms with Crippen molar-refractivity contribution in [1.82, 2.24) is 19.5 Å². The summed E-state index contributed by atoms with van der Waals surface area (Å²) in [6.07, 6.45) is 3.56. The van der Waals surface area contributed by atoms with Gasteiger partial charge in [0.05, 0.1) is 12.8 Å². The lowest BCUT2D eigenvalue weighted by Crippen LogP contribution is -2.41. The quantitative estimate of drug-likeness (QED) is 0.898. The molecule has 0 radical (unpaired) electrons. The van der Waals surface area contributed by atoms with Gasteiger partial charge in [-0.25, -0.2) is 22.8 Å². The van der Waals surface area contributed by atoms with Crippen LogP contribution in [0.4, 0.5) is 0 Å². The van der Waals surface area contributed by atoms with Crippen molar-refractivity contribution in [3.05, 3.63) is 30.0 Å². The standard InChI is InChI=1S/C12H16N4O3S/c1-2-10-13-11-6-5-9(8-16(11)14-10)15-20(17,18)12-4-3-7-19-12/h3-4,7,9,15H,2,5-6,8H2,1H3/t9-/m1/s1. The number of aryl methyl sites for hydroxylation is 2. The Hall–Kier alpha value is -1.67. The summed E-state index contributed by atoms with van der Waals surface area (Å²) in [6, 6.07) is 2.80. The third-order valence-corrected chi connectivity index (χ3v) is 4.71. The van der Waals surface area contributed by atoms with Crippen LogP contribution in [0.25, 0.3) is 0 Å². The number of fused-ring (bicyclic) bond motifs is 1. The van der Waals surface area contributed by atoms with E-state index in [2.05, 4.69) is 14.8 Å². The zero-order valence-corrected chi connectivity index (χ0v) is 11.9. The maximum Gasteiger partial charge on any atom is 0.274 e. The Balaban J connectivity index is 1.74. The second-order valence-corrected chi connectivity index (χ2v) is 6.41. The number of furan rings is 1. The van der Waals surface area contributed by atoms with Crippen molar-refractivity contribution in [3.63, 3.8) is 0 Å². The molecule has 0 saturated carbocycles. The van der Waals surface area contributed by atoms with Gasteiger partial charge in [-0.15, -0.1) is 0 Å². The van der Waals surface area contributed by atoms with Crippen molar-refractivity contribution < 1.29 is 12.8 Å². The molecule has 2 aromatic heterocycles. The number of aromatic nitrogens is 3. The summed E-state index contributed by atoms with van der Waals surface area (Å²) in [5.41, 5.74) is 0. The highest BCUT2D eigenvalue weighted by molar-refractivity contribution is 7.89. The van der Waals surface area contributed by atoms with Gasteiger partial charge in [-0.05, 0) is 18.6 Å². The summed E-state index contributed by atoms with van der Waals surface area (Å²) in [7, 11) is -3.60. The van der Waals surface area contributed by atoms with E-state index in [1.807, 2.05) is 6.92 Å². The molecule has 2 aromatic rings. The fourth-order valence-electron chi connectivity index (χ4n) is 2.30. The van der Waals surface area contributed by atoms with Crippen LogP contribution in [0.3, 0.4) is 0 Å². The first-order valence-corrected chi connectivity index (χ1v) is 8.05. The van der Waals surface area contributed by atoms with Gasteiger partial charge < -0.3 is 4.42 Å². The van der Waals surface area contributed by atoms with Crippen LogP contribution >= 0.6 is 0 Å². The summed E-state index contributed by atoms with van der Waals surface area (Å²) < 4.78 is 33.6. The normalized spacial score (nSPS) is 18.9. The summed E-state index contributed by atoms with van der Waals surface area (Å²) in [5, 5.41) is 4.30. The molecule has 1 aliphatic rings. The molecule has 0 amide bonds. The summed E-state index contributed by atoms with van der Waals surface area (Å²) >= 11 is 0. The van der Waals surface area contributed by atoms with Crippen molar-refractivity contribution in [2.24, 2.45) is 0 Å². The second-order valence-electron chi connectivity index (χ2n) is 4.77. The van der Waals surface area contributed by atoms with Crippen LogP contribution in [0.15, 0.2) is 27.9 Å². The summed E-state index contributed by atoms with van der Waals surface area (Å²) in [4.78, 5) is 4.41. The van der Waals surface area contributed by atoms with E-state index in [9.17, 15) is 8.42 Å². The molecule has 3 rings (SSSR count). The summed E-state index contributed by atoms with van der Waals surface area (Å²) in [6.45, 7) is 2.50. The van der Waals surface area contributed by atoms with Gasteiger partial charge in [0.1, 0.15) is 5.82 Å². The first kappa shape index (κ1) is 13.3. The molecule has 0 fully saturated rings. The first-order chi connectivity index (χ1) is 9.58. The average molecular weight is 296 g/mol. The second kappa shape index (κ2) is 5.02. The SMILES string of the molecule is CCc1nc2n(n1)C[C@H](NS(=O)(=O)c1ccco1)CC2. The largest absolute Gasteiger partial charge is 0.452 e. The van der Waals surface area contributed by atoms with Crippen molar-refractivity contribution in [1.29, 1.82) is 0 Å². The third-order valence-electron chi connectivity index (χ3n) is 3.30. The predicted molar refractivity (Wildman–Crippen MR) is 70.5 cm³/mol. The number of hydrogen-bond acceptors (Lipinski definition) is 5. The van der Waals surface area contributed by atoms with Gasteiger partial charge in [0, 0.05) is 18.9 Å². The molecule has 1 N–H and O–H groups in total. The Bertz CT molecular complexity index is 690. The minimum Gasteiger partial charge on any atom is -0.452 e. The molecule has 0 aromatic carbocycles. The molecule has 0 spiro atoms. The highest BCUT2D eigenvalue weighted by Gasteiger charge is 2.27. The molecule has 7 nitrogen and oxygen atoms in total. The zero-order chi connectivity index (χ0) is 14.2. The van der Waals surface area contributed by atoms with Crippen molar-refractivity contribution in [2.75, 3.05) is 0 Å². The van der Waals surface area contributed by atoms with Crippen LogP contribution in [0.1, 0.15) is 25.0 Å². The molecule has 0 aliphatic carbocycles. The lowest BCUT2D eigenvalue weighted by molar-refractivity contribution is 0.385. The molecule has 1 aliphatic heterocycles. The Morgan fingerprint density at radius 1 is 1.55 bits per heavy atom. The van der Waals surface area contributed by atoms with E-state index in [0.717, 1.165) is 24.5 Å².